The predicted molar refractivity (Wildman–Crippen MR) is 77.7 cm³/mol. The first-order valence-corrected chi connectivity index (χ1v) is 7.15. The standard InChI is InChI=1S/C16H21NO4/c1-4-10(2)14(16(19)20-3)17-15(18)11-5-6-12-8-21-9-13(12)7-11/h5-7,10,14H,4,8-9H2,1-3H3,(H,17,18)/t10-,14-/m0/s1. The van der Waals surface area contributed by atoms with Gasteiger partial charge in [0, 0.05) is 5.56 Å². The molecule has 114 valence electrons. The molecule has 0 spiro atoms. The second-order valence-corrected chi connectivity index (χ2v) is 5.34. The van der Waals surface area contributed by atoms with Gasteiger partial charge in [-0.05, 0) is 29.2 Å². The summed E-state index contributed by atoms with van der Waals surface area (Å²) in [6.45, 7) is 5.01. The third kappa shape index (κ3) is 3.42. The van der Waals surface area contributed by atoms with E-state index in [9.17, 15) is 9.59 Å². The maximum atomic E-state index is 12.3. The molecule has 1 aliphatic rings. The number of esters is 1. The zero-order chi connectivity index (χ0) is 15.4. The van der Waals surface area contributed by atoms with Gasteiger partial charge >= 0.3 is 5.97 Å². The van der Waals surface area contributed by atoms with Gasteiger partial charge in [0.15, 0.2) is 0 Å². The molecule has 0 aromatic heterocycles. The molecule has 1 N–H and O–H groups in total. The summed E-state index contributed by atoms with van der Waals surface area (Å²) in [6.07, 6.45) is 0.776. The van der Waals surface area contributed by atoms with Gasteiger partial charge in [0.25, 0.3) is 5.91 Å². The summed E-state index contributed by atoms with van der Waals surface area (Å²) in [6, 6.07) is 4.85. The van der Waals surface area contributed by atoms with Crippen LogP contribution in [0.15, 0.2) is 18.2 Å². The topological polar surface area (TPSA) is 64.6 Å². The van der Waals surface area contributed by atoms with E-state index >= 15 is 0 Å². The zero-order valence-electron chi connectivity index (χ0n) is 12.6. The van der Waals surface area contributed by atoms with Crippen LogP contribution in [0.2, 0.25) is 0 Å². The first-order chi connectivity index (χ1) is 10.1. The van der Waals surface area contributed by atoms with Crippen molar-refractivity contribution in [3.8, 4) is 0 Å². The lowest BCUT2D eigenvalue weighted by Gasteiger charge is -2.21. The Balaban J connectivity index is 2.13. The number of ether oxygens (including phenoxy) is 2. The second kappa shape index (κ2) is 6.72. The number of hydrogen-bond acceptors (Lipinski definition) is 4. The van der Waals surface area contributed by atoms with Crippen LogP contribution in [-0.4, -0.2) is 25.0 Å². The monoisotopic (exact) mass is 291 g/mol. The molecule has 0 fully saturated rings. The fraction of sp³-hybridized carbons (Fsp3) is 0.500. The predicted octanol–water partition coefficient (Wildman–Crippen LogP) is 2.03. The first kappa shape index (κ1) is 15.5. The van der Waals surface area contributed by atoms with Gasteiger partial charge in [0.1, 0.15) is 6.04 Å². The van der Waals surface area contributed by atoms with Crippen LogP contribution in [0.5, 0.6) is 0 Å². The van der Waals surface area contributed by atoms with Crippen molar-refractivity contribution in [1.82, 2.24) is 5.32 Å². The molecular weight excluding hydrogens is 270 g/mol. The molecule has 0 saturated heterocycles. The van der Waals surface area contributed by atoms with Crippen LogP contribution in [0.25, 0.3) is 0 Å². The summed E-state index contributed by atoms with van der Waals surface area (Å²) < 4.78 is 10.1. The normalized spacial score (nSPS) is 16.0. The fourth-order valence-corrected chi connectivity index (χ4v) is 2.33. The van der Waals surface area contributed by atoms with Crippen LogP contribution in [-0.2, 0) is 27.5 Å². The van der Waals surface area contributed by atoms with Crippen LogP contribution in [0.1, 0.15) is 41.8 Å². The molecule has 5 nitrogen and oxygen atoms in total. The molecule has 0 unspecified atom stereocenters. The Kier molecular flexibility index (Phi) is 4.96. The number of benzene rings is 1. The van der Waals surface area contributed by atoms with E-state index in [-0.39, 0.29) is 11.8 Å². The van der Waals surface area contributed by atoms with Crippen molar-refractivity contribution in [2.75, 3.05) is 7.11 Å². The molecule has 0 aliphatic carbocycles. The number of rotatable bonds is 5. The highest BCUT2D eigenvalue weighted by atomic mass is 16.5. The van der Waals surface area contributed by atoms with Crippen molar-refractivity contribution in [2.24, 2.45) is 5.92 Å². The Morgan fingerprint density at radius 1 is 1.33 bits per heavy atom. The van der Waals surface area contributed by atoms with E-state index in [1.165, 1.54) is 7.11 Å². The van der Waals surface area contributed by atoms with E-state index in [1.54, 1.807) is 6.07 Å². The SMILES string of the molecule is CC[C@H](C)[C@H](NC(=O)c1ccc2c(c1)COC2)C(=O)OC. The second-order valence-electron chi connectivity index (χ2n) is 5.34. The van der Waals surface area contributed by atoms with Gasteiger partial charge in [-0.2, -0.15) is 0 Å². The molecule has 2 rings (SSSR count). The van der Waals surface area contributed by atoms with Crippen molar-refractivity contribution in [2.45, 2.75) is 39.5 Å². The van der Waals surface area contributed by atoms with E-state index in [2.05, 4.69) is 5.32 Å². The molecule has 0 bridgehead atoms. The first-order valence-electron chi connectivity index (χ1n) is 7.15. The van der Waals surface area contributed by atoms with Crippen LogP contribution in [0.4, 0.5) is 0 Å². The van der Waals surface area contributed by atoms with Crippen LogP contribution in [0, 0.1) is 5.92 Å². The Labute approximate surface area is 124 Å². The van der Waals surface area contributed by atoms with Crippen molar-refractivity contribution in [3.05, 3.63) is 34.9 Å². The average Bonchev–Trinajstić information content (AvgIpc) is 2.98. The minimum atomic E-state index is -0.628. The largest absolute Gasteiger partial charge is 0.467 e. The van der Waals surface area contributed by atoms with Crippen molar-refractivity contribution in [1.29, 1.82) is 0 Å². The summed E-state index contributed by atoms with van der Waals surface area (Å²) in [4.78, 5) is 24.1. The smallest absolute Gasteiger partial charge is 0.328 e. The van der Waals surface area contributed by atoms with Crippen LogP contribution in [0.3, 0.4) is 0 Å². The van der Waals surface area contributed by atoms with Gasteiger partial charge in [-0.3, -0.25) is 4.79 Å². The van der Waals surface area contributed by atoms with Gasteiger partial charge in [0.2, 0.25) is 0 Å². The van der Waals surface area contributed by atoms with Crippen molar-refractivity contribution < 1.29 is 19.1 Å². The summed E-state index contributed by atoms with van der Waals surface area (Å²) in [5, 5.41) is 2.77. The number of amides is 1. The highest BCUT2D eigenvalue weighted by Crippen LogP contribution is 2.21. The number of carbonyl (C=O) groups is 2. The number of methoxy groups -OCH3 is 1. The van der Waals surface area contributed by atoms with E-state index in [0.717, 1.165) is 17.5 Å². The molecule has 1 amide bonds. The molecule has 2 atom stereocenters. The van der Waals surface area contributed by atoms with E-state index in [1.807, 2.05) is 26.0 Å². The Hall–Kier alpha value is -1.88. The maximum absolute atomic E-state index is 12.3. The molecule has 21 heavy (non-hydrogen) atoms. The summed E-state index contributed by atoms with van der Waals surface area (Å²) in [7, 11) is 1.33. The quantitative estimate of drug-likeness (QED) is 0.843. The highest BCUT2D eigenvalue weighted by Gasteiger charge is 2.27. The molecule has 1 heterocycles. The van der Waals surface area contributed by atoms with Gasteiger partial charge in [0.05, 0.1) is 20.3 Å². The average molecular weight is 291 g/mol. The van der Waals surface area contributed by atoms with Crippen molar-refractivity contribution in [3.63, 3.8) is 0 Å². The fourth-order valence-electron chi connectivity index (χ4n) is 2.33. The van der Waals surface area contributed by atoms with Crippen LogP contribution >= 0.6 is 0 Å². The maximum Gasteiger partial charge on any atom is 0.328 e. The molecule has 1 aliphatic heterocycles. The van der Waals surface area contributed by atoms with Gasteiger partial charge < -0.3 is 14.8 Å². The molecule has 0 radical (unpaired) electrons. The third-order valence-electron chi connectivity index (χ3n) is 3.94. The van der Waals surface area contributed by atoms with E-state index in [0.29, 0.717) is 18.8 Å². The molecule has 1 aromatic rings. The Bertz CT molecular complexity index is 541. The summed E-state index contributed by atoms with van der Waals surface area (Å²) in [5.41, 5.74) is 2.68. The Morgan fingerprint density at radius 3 is 2.71 bits per heavy atom. The number of hydrogen-bond donors (Lipinski definition) is 1. The van der Waals surface area contributed by atoms with Gasteiger partial charge in [-0.1, -0.05) is 26.3 Å². The van der Waals surface area contributed by atoms with Crippen molar-refractivity contribution >= 4 is 11.9 Å². The minimum absolute atomic E-state index is 0.0131. The minimum Gasteiger partial charge on any atom is -0.467 e. The lowest BCUT2D eigenvalue weighted by Crippen LogP contribution is -2.45. The molecular formula is C16H21NO4. The number of fused-ring (bicyclic) bond motifs is 1. The summed E-state index contributed by atoms with van der Waals surface area (Å²) in [5.74, 6) is -0.665. The third-order valence-corrected chi connectivity index (χ3v) is 3.94. The number of nitrogens with one attached hydrogen (secondary N) is 1. The summed E-state index contributed by atoms with van der Waals surface area (Å²) >= 11 is 0. The molecule has 1 aromatic carbocycles. The highest BCUT2D eigenvalue weighted by molar-refractivity contribution is 5.97. The van der Waals surface area contributed by atoms with E-state index in [4.69, 9.17) is 9.47 Å². The van der Waals surface area contributed by atoms with Crippen LogP contribution < -0.4 is 5.32 Å². The zero-order valence-corrected chi connectivity index (χ0v) is 12.6. The van der Waals surface area contributed by atoms with Gasteiger partial charge in [-0.15, -0.1) is 0 Å². The molecule has 5 heteroatoms. The van der Waals surface area contributed by atoms with Gasteiger partial charge in [-0.25, -0.2) is 4.79 Å². The lowest BCUT2D eigenvalue weighted by molar-refractivity contribution is -0.144. The van der Waals surface area contributed by atoms with E-state index < -0.39 is 12.0 Å². The molecule has 0 saturated carbocycles. The Morgan fingerprint density at radius 2 is 2.05 bits per heavy atom. The lowest BCUT2D eigenvalue weighted by atomic mass is 9.98. The number of carbonyl (C=O) groups excluding carboxylic acids is 2.